The summed E-state index contributed by atoms with van der Waals surface area (Å²) in [6, 6.07) is 1.57. The number of hydrogen-bond acceptors (Lipinski definition) is 6. The summed E-state index contributed by atoms with van der Waals surface area (Å²) in [6.07, 6.45) is 5.55. The molecule has 1 amide bonds. The van der Waals surface area contributed by atoms with Gasteiger partial charge in [-0.3, -0.25) is 4.79 Å². The molecular formula is C13H16N4O2S. The van der Waals surface area contributed by atoms with Crippen LogP contribution in [-0.4, -0.2) is 35.7 Å². The zero-order chi connectivity index (χ0) is 13.8. The highest BCUT2D eigenvalue weighted by Gasteiger charge is 2.22. The summed E-state index contributed by atoms with van der Waals surface area (Å²) in [6.45, 7) is 2.63. The van der Waals surface area contributed by atoms with Crippen molar-refractivity contribution in [2.75, 3.05) is 24.5 Å². The SMILES string of the molecule is O=C(NCC1CCCN(c2nccs2)C1)c1ccno1. The summed E-state index contributed by atoms with van der Waals surface area (Å²) in [5, 5.41) is 9.49. The Kier molecular flexibility index (Phi) is 3.96. The van der Waals surface area contributed by atoms with Gasteiger partial charge in [0.1, 0.15) is 0 Å². The van der Waals surface area contributed by atoms with Gasteiger partial charge in [0, 0.05) is 37.3 Å². The lowest BCUT2D eigenvalue weighted by atomic mass is 9.98. The number of nitrogens with one attached hydrogen (secondary N) is 1. The summed E-state index contributed by atoms with van der Waals surface area (Å²) >= 11 is 1.66. The van der Waals surface area contributed by atoms with Crippen LogP contribution in [-0.2, 0) is 0 Å². The molecule has 1 atom stereocenters. The van der Waals surface area contributed by atoms with Crippen molar-refractivity contribution in [2.45, 2.75) is 12.8 Å². The molecule has 2 aromatic heterocycles. The van der Waals surface area contributed by atoms with Gasteiger partial charge in [-0.1, -0.05) is 5.16 Å². The quantitative estimate of drug-likeness (QED) is 0.930. The fourth-order valence-electron chi connectivity index (χ4n) is 2.43. The predicted molar refractivity (Wildman–Crippen MR) is 75.9 cm³/mol. The third kappa shape index (κ3) is 2.98. The molecule has 3 heterocycles. The van der Waals surface area contributed by atoms with Crippen molar-refractivity contribution >= 4 is 22.4 Å². The minimum absolute atomic E-state index is 0.200. The molecule has 0 aliphatic carbocycles. The first-order valence-electron chi connectivity index (χ1n) is 6.66. The number of aromatic nitrogens is 2. The number of anilines is 1. The molecule has 1 fully saturated rings. The second kappa shape index (κ2) is 6.04. The predicted octanol–water partition coefficient (Wildman–Crippen LogP) is 1.78. The van der Waals surface area contributed by atoms with E-state index in [0.717, 1.165) is 31.1 Å². The molecule has 7 heteroatoms. The highest BCUT2D eigenvalue weighted by molar-refractivity contribution is 7.13. The van der Waals surface area contributed by atoms with Gasteiger partial charge >= 0.3 is 0 Å². The van der Waals surface area contributed by atoms with Crippen molar-refractivity contribution in [3.05, 3.63) is 29.6 Å². The lowest BCUT2D eigenvalue weighted by Crippen LogP contribution is -2.40. The Morgan fingerprint density at radius 2 is 2.50 bits per heavy atom. The van der Waals surface area contributed by atoms with E-state index in [2.05, 4.69) is 20.4 Å². The second-order valence-electron chi connectivity index (χ2n) is 4.86. The third-order valence-corrected chi connectivity index (χ3v) is 4.25. The van der Waals surface area contributed by atoms with Crippen molar-refractivity contribution in [3.8, 4) is 0 Å². The molecular weight excluding hydrogens is 276 g/mol. The third-order valence-electron chi connectivity index (χ3n) is 3.42. The van der Waals surface area contributed by atoms with E-state index in [1.54, 1.807) is 17.4 Å². The molecule has 106 valence electrons. The van der Waals surface area contributed by atoms with Crippen LogP contribution in [0.4, 0.5) is 5.13 Å². The summed E-state index contributed by atoms with van der Waals surface area (Å²) in [5.41, 5.74) is 0. The molecule has 3 rings (SSSR count). The van der Waals surface area contributed by atoms with Gasteiger partial charge in [0.2, 0.25) is 5.76 Å². The molecule has 0 aromatic carbocycles. The van der Waals surface area contributed by atoms with E-state index in [1.165, 1.54) is 6.20 Å². The van der Waals surface area contributed by atoms with Crippen LogP contribution in [0.1, 0.15) is 23.4 Å². The van der Waals surface area contributed by atoms with Crippen molar-refractivity contribution in [1.82, 2.24) is 15.5 Å². The Morgan fingerprint density at radius 3 is 3.25 bits per heavy atom. The Hall–Kier alpha value is -1.89. The molecule has 1 aliphatic rings. The maximum Gasteiger partial charge on any atom is 0.289 e. The fraction of sp³-hybridized carbons (Fsp3) is 0.462. The molecule has 1 unspecified atom stereocenters. The maximum atomic E-state index is 11.8. The lowest BCUT2D eigenvalue weighted by molar-refractivity contribution is 0.0908. The largest absolute Gasteiger partial charge is 0.351 e. The molecule has 0 bridgehead atoms. The van der Waals surface area contributed by atoms with Crippen LogP contribution in [0.15, 0.2) is 28.4 Å². The zero-order valence-electron chi connectivity index (χ0n) is 11.0. The minimum Gasteiger partial charge on any atom is -0.351 e. The molecule has 1 N–H and O–H groups in total. The molecule has 1 aliphatic heterocycles. The Morgan fingerprint density at radius 1 is 1.55 bits per heavy atom. The molecule has 6 nitrogen and oxygen atoms in total. The van der Waals surface area contributed by atoms with Crippen LogP contribution in [0.2, 0.25) is 0 Å². The van der Waals surface area contributed by atoms with E-state index in [0.29, 0.717) is 12.5 Å². The van der Waals surface area contributed by atoms with E-state index < -0.39 is 0 Å². The fourth-order valence-corrected chi connectivity index (χ4v) is 3.11. The van der Waals surface area contributed by atoms with E-state index in [9.17, 15) is 4.79 Å². The van der Waals surface area contributed by atoms with Crippen molar-refractivity contribution in [1.29, 1.82) is 0 Å². The summed E-state index contributed by atoms with van der Waals surface area (Å²) in [7, 11) is 0. The molecule has 1 saturated heterocycles. The van der Waals surface area contributed by atoms with Crippen molar-refractivity contribution in [2.24, 2.45) is 5.92 Å². The molecule has 0 saturated carbocycles. The highest BCUT2D eigenvalue weighted by Crippen LogP contribution is 2.24. The van der Waals surface area contributed by atoms with Gasteiger partial charge in [-0.05, 0) is 18.8 Å². The summed E-state index contributed by atoms with van der Waals surface area (Å²) < 4.78 is 4.83. The lowest BCUT2D eigenvalue weighted by Gasteiger charge is -2.32. The van der Waals surface area contributed by atoms with Crippen molar-refractivity contribution < 1.29 is 9.32 Å². The highest BCUT2D eigenvalue weighted by atomic mass is 32.1. The number of rotatable bonds is 4. The zero-order valence-corrected chi connectivity index (χ0v) is 11.8. The molecule has 20 heavy (non-hydrogen) atoms. The van der Waals surface area contributed by atoms with Crippen molar-refractivity contribution in [3.63, 3.8) is 0 Å². The van der Waals surface area contributed by atoms with Crippen LogP contribution >= 0.6 is 11.3 Å². The first-order chi connectivity index (χ1) is 9.83. The Labute approximate surface area is 120 Å². The van der Waals surface area contributed by atoms with Gasteiger partial charge in [0.15, 0.2) is 5.13 Å². The van der Waals surface area contributed by atoms with E-state index in [-0.39, 0.29) is 11.7 Å². The smallest absolute Gasteiger partial charge is 0.289 e. The minimum atomic E-state index is -0.200. The second-order valence-corrected chi connectivity index (χ2v) is 5.73. The van der Waals surface area contributed by atoms with Crippen LogP contribution in [0.3, 0.4) is 0 Å². The van der Waals surface area contributed by atoms with E-state index in [4.69, 9.17) is 4.52 Å². The normalized spacial score (nSPS) is 19.0. The van der Waals surface area contributed by atoms with Gasteiger partial charge in [-0.2, -0.15) is 0 Å². The summed E-state index contributed by atoms with van der Waals surface area (Å²) in [5.74, 6) is 0.506. The average molecular weight is 292 g/mol. The van der Waals surface area contributed by atoms with E-state index >= 15 is 0 Å². The Balaban J connectivity index is 1.52. The first kappa shape index (κ1) is 13.1. The number of carbonyl (C=O) groups is 1. The number of piperidine rings is 1. The topological polar surface area (TPSA) is 71.3 Å². The average Bonchev–Trinajstić information content (AvgIpc) is 3.17. The van der Waals surface area contributed by atoms with Gasteiger partial charge in [0.25, 0.3) is 5.91 Å². The number of hydrogen-bond donors (Lipinski definition) is 1. The number of carbonyl (C=O) groups excluding carboxylic acids is 1. The van der Waals surface area contributed by atoms with Gasteiger partial charge in [0.05, 0.1) is 6.20 Å². The number of nitrogens with zero attached hydrogens (tertiary/aromatic N) is 3. The van der Waals surface area contributed by atoms with Gasteiger partial charge < -0.3 is 14.7 Å². The van der Waals surface area contributed by atoms with Gasteiger partial charge in [-0.25, -0.2) is 4.98 Å². The van der Waals surface area contributed by atoms with Gasteiger partial charge in [-0.15, -0.1) is 11.3 Å². The standard InChI is InChI=1S/C13H16N4O2S/c18-12(11-3-4-16-19-11)15-8-10-2-1-6-17(9-10)13-14-5-7-20-13/h3-5,7,10H,1-2,6,8-9H2,(H,15,18). The van der Waals surface area contributed by atoms with Crippen LogP contribution in [0.25, 0.3) is 0 Å². The first-order valence-corrected chi connectivity index (χ1v) is 7.54. The monoisotopic (exact) mass is 292 g/mol. The van der Waals surface area contributed by atoms with Crippen LogP contribution in [0.5, 0.6) is 0 Å². The number of thiazole rings is 1. The molecule has 0 spiro atoms. The van der Waals surface area contributed by atoms with Crippen LogP contribution < -0.4 is 10.2 Å². The van der Waals surface area contributed by atoms with Crippen LogP contribution in [0, 0.1) is 5.92 Å². The molecule has 2 aromatic rings. The van der Waals surface area contributed by atoms with E-state index in [1.807, 2.05) is 11.6 Å². The summed E-state index contributed by atoms with van der Waals surface area (Å²) in [4.78, 5) is 18.4. The number of amides is 1. The maximum absolute atomic E-state index is 11.8. The molecule has 0 radical (unpaired) electrons. The Bertz CT molecular complexity index is 541.